The molecule has 2 N–H and O–H groups in total. The fraction of sp³-hybridized carbons (Fsp3) is 0.543. The van der Waals surface area contributed by atoms with Gasteiger partial charge in [-0.15, -0.1) is 0 Å². The summed E-state index contributed by atoms with van der Waals surface area (Å²) in [7, 11) is 3.08. The van der Waals surface area contributed by atoms with Crippen molar-refractivity contribution in [1.82, 2.24) is 4.90 Å². The van der Waals surface area contributed by atoms with E-state index >= 15 is 0 Å². The number of aliphatic hydroxyl groups excluding tert-OH is 1. The summed E-state index contributed by atoms with van der Waals surface area (Å²) in [6, 6.07) is 11.0. The molecule has 3 aliphatic rings. The van der Waals surface area contributed by atoms with Crippen molar-refractivity contribution in [3.8, 4) is 5.75 Å². The number of amides is 1. The van der Waals surface area contributed by atoms with Crippen LogP contribution in [0.25, 0.3) is 0 Å². The summed E-state index contributed by atoms with van der Waals surface area (Å²) in [5.41, 5.74) is 1.25. The van der Waals surface area contributed by atoms with Crippen LogP contribution >= 0.6 is 11.6 Å². The van der Waals surface area contributed by atoms with E-state index in [2.05, 4.69) is 4.90 Å². The summed E-state index contributed by atoms with van der Waals surface area (Å²) >= 11 is 6.34. The summed E-state index contributed by atoms with van der Waals surface area (Å²) in [5.74, 6) is 0.103. The van der Waals surface area contributed by atoms with Crippen LogP contribution in [0.1, 0.15) is 62.1 Å². The lowest BCUT2D eigenvalue weighted by molar-refractivity contribution is -0.151. The lowest BCUT2D eigenvalue weighted by Crippen LogP contribution is -2.46. The molecule has 0 radical (unpaired) electrons. The number of hydrogen-bond donors (Lipinski definition) is 2. The third kappa shape index (κ3) is 6.99. The molecule has 1 saturated carbocycles. The summed E-state index contributed by atoms with van der Waals surface area (Å²) in [4.78, 5) is 30.8. The minimum atomic E-state index is -2.08. The van der Waals surface area contributed by atoms with Gasteiger partial charge in [0.15, 0.2) is 11.4 Å². The first kappa shape index (κ1) is 32.5. The van der Waals surface area contributed by atoms with Gasteiger partial charge in [-0.3, -0.25) is 9.59 Å². The van der Waals surface area contributed by atoms with Gasteiger partial charge < -0.3 is 29.5 Å². The zero-order chi connectivity index (χ0) is 31.4. The Hall–Kier alpha value is -2.91. The Morgan fingerprint density at radius 2 is 1.98 bits per heavy atom. The minimum absolute atomic E-state index is 0.131. The number of carbonyl (C=O) groups excluding carboxylic acids is 2. The van der Waals surface area contributed by atoms with Crippen molar-refractivity contribution in [3.05, 3.63) is 70.3 Å². The highest BCUT2D eigenvalue weighted by atomic mass is 35.5. The van der Waals surface area contributed by atoms with E-state index in [0.29, 0.717) is 35.9 Å². The van der Waals surface area contributed by atoms with Gasteiger partial charge in [-0.05, 0) is 98.2 Å². The van der Waals surface area contributed by atoms with E-state index in [1.807, 2.05) is 43.3 Å². The van der Waals surface area contributed by atoms with E-state index in [1.54, 1.807) is 24.1 Å². The summed E-state index contributed by atoms with van der Waals surface area (Å²) < 4.78 is 11.6. The number of ether oxygens (including phenoxy) is 2. The van der Waals surface area contributed by atoms with Gasteiger partial charge in [0.05, 0.1) is 18.2 Å². The molecule has 2 heterocycles. The molecule has 238 valence electrons. The second-order valence-electron chi connectivity index (χ2n) is 12.7. The highest BCUT2D eigenvalue weighted by Gasteiger charge is 2.42. The maximum atomic E-state index is 13.5. The van der Waals surface area contributed by atoms with E-state index in [-0.39, 0.29) is 30.4 Å². The van der Waals surface area contributed by atoms with Crippen LogP contribution in [0, 0.1) is 11.8 Å². The van der Waals surface area contributed by atoms with Gasteiger partial charge >= 0.3 is 0 Å². The third-order valence-corrected chi connectivity index (χ3v) is 10.1. The van der Waals surface area contributed by atoms with Crippen molar-refractivity contribution < 1.29 is 29.3 Å². The van der Waals surface area contributed by atoms with Crippen molar-refractivity contribution in [2.24, 2.45) is 11.8 Å². The summed E-state index contributed by atoms with van der Waals surface area (Å²) in [6.07, 6.45) is 8.07. The molecule has 5 rings (SSSR count). The number of Topliss-reactive ketones (excluding diaryl/α,β-unsaturated/α-hetero) is 1. The molecule has 2 aromatic rings. The van der Waals surface area contributed by atoms with Crippen LogP contribution < -0.4 is 9.64 Å². The number of benzene rings is 2. The molecular formula is C35H45ClN2O6. The highest BCUT2D eigenvalue weighted by molar-refractivity contribution is 6.30. The van der Waals surface area contributed by atoms with Crippen LogP contribution in [0.5, 0.6) is 5.75 Å². The fourth-order valence-electron chi connectivity index (χ4n) is 6.67. The standard InChI is InChI=1S/C35H45ClN2O6/c1-23-7-6-9-31(39)29-14-11-25(29)20-38-16-5-4-8-24-17-28(36)13-10-26(24)21-44-32-15-12-27(18-30(32)38)35(42,33(40)22-43-3)19-34(41)37(23)2/h6,9-10,12-13,15,17-18,23,25,29,31,39,42H,4-5,7-8,11,14,16,19-22H2,1-3H3/b9-6+/t23-,25+,29-,31+,35+/m1/s1. The van der Waals surface area contributed by atoms with E-state index in [0.717, 1.165) is 49.9 Å². The van der Waals surface area contributed by atoms with Gasteiger partial charge in [-0.25, -0.2) is 0 Å². The van der Waals surface area contributed by atoms with E-state index in [9.17, 15) is 19.8 Å². The Morgan fingerprint density at radius 1 is 1.16 bits per heavy atom. The predicted molar refractivity (Wildman–Crippen MR) is 171 cm³/mol. The first-order valence-electron chi connectivity index (χ1n) is 15.7. The number of aryl methyl sites for hydroxylation is 1. The molecule has 2 aromatic carbocycles. The number of halogens is 1. The SMILES string of the molecule is COCC(=O)[C@]1(O)CC(=O)N(C)[C@H](C)C/C=C/[C@H](O)[C@@H]2CC[C@H]2CN2CCCCc3cc(Cl)ccc3COc3ccc1cc32. The van der Waals surface area contributed by atoms with Crippen LogP contribution in [-0.4, -0.2) is 72.8 Å². The summed E-state index contributed by atoms with van der Waals surface area (Å²) in [6.45, 7) is 3.37. The monoisotopic (exact) mass is 624 g/mol. The molecule has 8 nitrogen and oxygen atoms in total. The molecule has 0 saturated heterocycles. The normalized spacial score (nSPS) is 28.9. The topological polar surface area (TPSA) is 99.5 Å². The zero-order valence-corrected chi connectivity index (χ0v) is 26.8. The average Bonchev–Trinajstić information content (AvgIpc) is 3.01. The molecule has 0 spiro atoms. The fourth-order valence-corrected chi connectivity index (χ4v) is 6.86. The second-order valence-corrected chi connectivity index (χ2v) is 13.1. The van der Waals surface area contributed by atoms with Gasteiger partial charge in [-0.2, -0.15) is 0 Å². The number of hydrogen-bond acceptors (Lipinski definition) is 7. The lowest BCUT2D eigenvalue weighted by Gasteiger charge is -2.43. The second kappa shape index (κ2) is 14.0. The number of rotatable bonds is 3. The van der Waals surface area contributed by atoms with Crippen molar-refractivity contribution >= 4 is 29.0 Å². The molecule has 2 aliphatic heterocycles. The minimum Gasteiger partial charge on any atom is -0.487 e. The van der Waals surface area contributed by atoms with E-state index < -0.39 is 23.9 Å². The molecule has 0 aromatic heterocycles. The van der Waals surface area contributed by atoms with Crippen molar-refractivity contribution in [2.45, 2.75) is 76.2 Å². The Bertz CT molecular complexity index is 1380. The molecule has 1 amide bonds. The van der Waals surface area contributed by atoms with Crippen LogP contribution in [0.2, 0.25) is 5.02 Å². The maximum Gasteiger partial charge on any atom is 0.226 e. The van der Waals surface area contributed by atoms with Crippen LogP contribution in [-0.2, 0) is 33.0 Å². The number of methoxy groups -OCH3 is 1. The summed E-state index contributed by atoms with van der Waals surface area (Å²) in [5, 5.41) is 23.9. The molecular weight excluding hydrogens is 580 g/mol. The smallest absolute Gasteiger partial charge is 0.226 e. The number of anilines is 1. The Labute approximate surface area is 265 Å². The van der Waals surface area contributed by atoms with Gasteiger partial charge in [0.1, 0.15) is 19.0 Å². The van der Waals surface area contributed by atoms with Gasteiger partial charge in [-0.1, -0.05) is 35.9 Å². The number of aliphatic hydroxyl groups is 2. The number of fused-ring (bicyclic) bond motifs is 3. The van der Waals surface area contributed by atoms with E-state index in [4.69, 9.17) is 21.1 Å². The molecule has 44 heavy (non-hydrogen) atoms. The third-order valence-electron chi connectivity index (χ3n) is 9.83. The zero-order valence-electron chi connectivity index (χ0n) is 26.0. The Morgan fingerprint density at radius 3 is 2.73 bits per heavy atom. The van der Waals surface area contributed by atoms with Crippen molar-refractivity contribution in [3.63, 3.8) is 0 Å². The van der Waals surface area contributed by atoms with Crippen LogP contribution in [0.15, 0.2) is 48.6 Å². The number of nitrogens with zero attached hydrogens (tertiary/aromatic N) is 2. The Balaban J connectivity index is 1.61. The highest BCUT2D eigenvalue weighted by Crippen LogP contribution is 2.42. The lowest BCUT2D eigenvalue weighted by atomic mass is 9.70. The molecule has 0 unspecified atom stereocenters. The Kier molecular flexibility index (Phi) is 10.4. The largest absolute Gasteiger partial charge is 0.487 e. The molecule has 2 bridgehead atoms. The van der Waals surface area contributed by atoms with Crippen molar-refractivity contribution in [1.29, 1.82) is 0 Å². The molecule has 9 heteroatoms. The first-order chi connectivity index (χ1) is 21.1. The first-order valence-corrected chi connectivity index (χ1v) is 16.1. The van der Waals surface area contributed by atoms with Crippen molar-refractivity contribution in [2.75, 3.05) is 38.8 Å². The molecule has 1 aliphatic carbocycles. The quantitative estimate of drug-likeness (QED) is 0.461. The average molecular weight is 625 g/mol. The number of ketones is 1. The van der Waals surface area contributed by atoms with Gasteiger partial charge in [0.25, 0.3) is 0 Å². The molecule has 1 fully saturated rings. The van der Waals surface area contributed by atoms with E-state index in [1.165, 1.54) is 12.7 Å². The van der Waals surface area contributed by atoms with Gasteiger partial charge in [0, 0.05) is 38.3 Å². The van der Waals surface area contributed by atoms with Gasteiger partial charge in [0.2, 0.25) is 5.91 Å². The molecule has 5 atom stereocenters. The predicted octanol–water partition coefficient (Wildman–Crippen LogP) is 5.05. The maximum absolute atomic E-state index is 13.5. The van der Waals surface area contributed by atoms with Crippen LogP contribution in [0.4, 0.5) is 5.69 Å². The van der Waals surface area contributed by atoms with Crippen LogP contribution in [0.3, 0.4) is 0 Å². The number of carbonyl (C=O) groups is 2.